The number of thiophene rings is 1. The summed E-state index contributed by atoms with van der Waals surface area (Å²) in [6, 6.07) is 11.1. The largest absolute Gasteiger partial charge is 0.288 e. The lowest BCUT2D eigenvalue weighted by Crippen LogP contribution is -2.26. The molecular weight excluding hydrogens is 320 g/mol. The van der Waals surface area contributed by atoms with Crippen molar-refractivity contribution in [2.75, 3.05) is 0 Å². The number of ketones is 1. The van der Waals surface area contributed by atoms with Crippen LogP contribution in [0.3, 0.4) is 0 Å². The van der Waals surface area contributed by atoms with Crippen LogP contribution in [0.5, 0.6) is 0 Å². The quantitative estimate of drug-likeness (QED) is 0.525. The van der Waals surface area contributed by atoms with E-state index >= 15 is 0 Å². The van der Waals surface area contributed by atoms with E-state index < -0.39 is 0 Å². The molecule has 4 nitrogen and oxygen atoms in total. The van der Waals surface area contributed by atoms with Gasteiger partial charge in [-0.2, -0.15) is 9.78 Å². The van der Waals surface area contributed by atoms with Gasteiger partial charge in [-0.15, -0.1) is 11.3 Å². The standard InChI is InChI=1S/C19H16N2O2S/c1-19(2,3)17-14-15(11-7-4-5-8-12(11)16(14)22)20-21(17)18(23)13-9-6-10-24-13/h4-10H,1-3H3. The Labute approximate surface area is 143 Å². The van der Waals surface area contributed by atoms with Crippen LogP contribution in [0, 0.1) is 0 Å². The van der Waals surface area contributed by atoms with Crippen LogP contribution >= 0.6 is 11.3 Å². The molecule has 0 unspecified atom stereocenters. The van der Waals surface area contributed by atoms with Gasteiger partial charge in [0.15, 0.2) is 5.78 Å². The third kappa shape index (κ3) is 2.01. The maximum absolute atomic E-state index is 12.9. The van der Waals surface area contributed by atoms with Crippen LogP contribution in [-0.4, -0.2) is 21.5 Å². The third-order valence-electron chi connectivity index (χ3n) is 4.17. The van der Waals surface area contributed by atoms with E-state index in [1.54, 1.807) is 6.07 Å². The van der Waals surface area contributed by atoms with Crippen molar-refractivity contribution >= 4 is 23.0 Å². The van der Waals surface area contributed by atoms with E-state index in [9.17, 15) is 9.59 Å². The van der Waals surface area contributed by atoms with E-state index in [1.165, 1.54) is 16.0 Å². The Morgan fingerprint density at radius 2 is 1.79 bits per heavy atom. The number of rotatable bonds is 1. The predicted molar refractivity (Wildman–Crippen MR) is 93.8 cm³/mol. The van der Waals surface area contributed by atoms with Crippen LogP contribution in [-0.2, 0) is 5.41 Å². The molecule has 5 heteroatoms. The smallest absolute Gasteiger partial charge is 0.288 e. The molecule has 2 heterocycles. The Hall–Kier alpha value is -2.53. The molecule has 0 aliphatic heterocycles. The maximum Gasteiger partial charge on any atom is 0.288 e. The molecule has 0 spiro atoms. The number of aromatic nitrogens is 2. The summed E-state index contributed by atoms with van der Waals surface area (Å²) >= 11 is 1.38. The van der Waals surface area contributed by atoms with Crippen LogP contribution in [0.2, 0.25) is 0 Å². The maximum atomic E-state index is 12.9. The Morgan fingerprint density at radius 1 is 1.08 bits per heavy atom. The monoisotopic (exact) mass is 336 g/mol. The van der Waals surface area contributed by atoms with E-state index in [4.69, 9.17) is 0 Å². The molecule has 0 fully saturated rings. The molecule has 120 valence electrons. The summed E-state index contributed by atoms with van der Waals surface area (Å²) in [6.07, 6.45) is 0. The van der Waals surface area contributed by atoms with Gasteiger partial charge in [-0.3, -0.25) is 9.59 Å². The number of carbonyl (C=O) groups is 2. The summed E-state index contributed by atoms with van der Waals surface area (Å²) in [5.41, 5.74) is 2.94. The van der Waals surface area contributed by atoms with Gasteiger partial charge in [0.05, 0.1) is 16.1 Å². The Morgan fingerprint density at radius 3 is 2.42 bits per heavy atom. The van der Waals surface area contributed by atoms with Crippen molar-refractivity contribution < 1.29 is 9.59 Å². The van der Waals surface area contributed by atoms with Gasteiger partial charge in [-0.25, -0.2) is 0 Å². The second kappa shape index (κ2) is 4.98. The average Bonchev–Trinajstić information content (AvgIpc) is 3.24. The van der Waals surface area contributed by atoms with Gasteiger partial charge in [0.1, 0.15) is 5.69 Å². The zero-order chi connectivity index (χ0) is 17.1. The first-order valence-corrected chi connectivity index (χ1v) is 8.63. The predicted octanol–water partition coefficient (Wildman–Crippen LogP) is 4.14. The van der Waals surface area contributed by atoms with Crippen molar-refractivity contribution in [2.24, 2.45) is 0 Å². The van der Waals surface area contributed by atoms with Gasteiger partial charge < -0.3 is 0 Å². The summed E-state index contributed by atoms with van der Waals surface area (Å²) in [5, 5.41) is 6.42. The van der Waals surface area contributed by atoms with Crippen LogP contribution < -0.4 is 0 Å². The Balaban J connectivity index is 2.01. The Kier molecular flexibility index (Phi) is 3.12. The summed E-state index contributed by atoms with van der Waals surface area (Å²) < 4.78 is 1.42. The average molecular weight is 336 g/mol. The van der Waals surface area contributed by atoms with Crippen molar-refractivity contribution in [3.8, 4) is 11.3 Å². The topological polar surface area (TPSA) is 52.0 Å². The number of fused-ring (bicyclic) bond motifs is 3. The SMILES string of the molecule is CC(C)(C)c1c2c(nn1C(=O)c1cccs1)-c1ccccc1C2=O. The van der Waals surface area contributed by atoms with Crippen LogP contribution in [0.25, 0.3) is 11.3 Å². The third-order valence-corrected chi connectivity index (χ3v) is 5.03. The van der Waals surface area contributed by atoms with E-state index in [0.717, 1.165) is 5.56 Å². The van der Waals surface area contributed by atoms with Crippen molar-refractivity contribution in [3.05, 3.63) is 63.5 Å². The molecule has 0 bridgehead atoms. The van der Waals surface area contributed by atoms with Crippen molar-refractivity contribution in [1.82, 2.24) is 9.78 Å². The van der Waals surface area contributed by atoms with Gasteiger partial charge >= 0.3 is 0 Å². The normalized spacial score (nSPS) is 13.0. The zero-order valence-electron chi connectivity index (χ0n) is 13.7. The van der Waals surface area contributed by atoms with Crippen molar-refractivity contribution in [3.63, 3.8) is 0 Å². The van der Waals surface area contributed by atoms with Crippen LogP contribution in [0.4, 0.5) is 0 Å². The second-order valence-electron chi connectivity index (χ2n) is 6.89. The summed E-state index contributed by atoms with van der Waals surface area (Å²) in [4.78, 5) is 26.4. The van der Waals surface area contributed by atoms with Gasteiger partial charge in [0.2, 0.25) is 0 Å². The highest BCUT2D eigenvalue weighted by Crippen LogP contribution is 2.41. The molecule has 0 atom stereocenters. The lowest BCUT2D eigenvalue weighted by atomic mass is 9.88. The first kappa shape index (κ1) is 15.0. The molecule has 1 aromatic carbocycles. The molecule has 0 saturated carbocycles. The minimum atomic E-state index is -0.384. The van der Waals surface area contributed by atoms with Crippen molar-refractivity contribution in [2.45, 2.75) is 26.2 Å². The number of hydrogen-bond donors (Lipinski definition) is 0. The fraction of sp³-hybridized carbons (Fsp3) is 0.211. The molecule has 0 N–H and O–H groups in total. The highest BCUT2D eigenvalue weighted by Gasteiger charge is 2.39. The molecule has 24 heavy (non-hydrogen) atoms. The lowest BCUT2D eigenvalue weighted by molar-refractivity contribution is 0.0941. The van der Waals surface area contributed by atoms with Gasteiger partial charge in [-0.1, -0.05) is 51.1 Å². The number of hydrogen-bond acceptors (Lipinski definition) is 4. The summed E-state index contributed by atoms with van der Waals surface area (Å²) in [7, 11) is 0. The first-order chi connectivity index (χ1) is 11.4. The fourth-order valence-electron chi connectivity index (χ4n) is 3.19. The number of carbonyl (C=O) groups excluding carboxylic acids is 2. The van der Waals surface area contributed by atoms with Gasteiger partial charge in [-0.05, 0) is 11.4 Å². The minimum Gasteiger partial charge on any atom is -0.288 e. The van der Waals surface area contributed by atoms with E-state index in [-0.39, 0.29) is 17.1 Å². The second-order valence-corrected chi connectivity index (χ2v) is 7.84. The van der Waals surface area contributed by atoms with E-state index in [0.29, 0.717) is 27.4 Å². The van der Waals surface area contributed by atoms with Gasteiger partial charge in [0.25, 0.3) is 5.91 Å². The van der Waals surface area contributed by atoms with Crippen LogP contribution in [0.15, 0.2) is 41.8 Å². The summed E-state index contributed by atoms with van der Waals surface area (Å²) in [6.45, 7) is 6.00. The highest BCUT2D eigenvalue weighted by molar-refractivity contribution is 7.12. The molecule has 2 aromatic heterocycles. The highest BCUT2D eigenvalue weighted by atomic mass is 32.1. The van der Waals surface area contributed by atoms with Crippen LogP contribution in [0.1, 0.15) is 52.1 Å². The van der Waals surface area contributed by atoms with Crippen molar-refractivity contribution in [1.29, 1.82) is 0 Å². The van der Waals surface area contributed by atoms with E-state index in [1.807, 2.05) is 56.5 Å². The number of nitrogens with zero attached hydrogens (tertiary/aromatic N) is 2. The van der Waals surface area contributed by atoms with Gasteiger partial charge in [0, 0.05) is 16.5 Å². The first-order valence-electron chi connectivity index (χ1n) is 7.75. The minimum absolute atomic E-state index is 0.0456. The Bertz CT molecular complexity index is 975. The molecule has 0 radical (unpaired) electrons. The lowest BCUT2D eigenvalue weighted by Gasteiger charge is -2.21. The summed E-state index contributed by atoms with van der Waals surface area (Å²) in [5.74, 6) is -0.231. The molecule has 3 aromatic rings. The molecule has 4 rings (SSSR count). The molecule has 1 aliphatic carbocycles. The zero-order valence-corrected chi connectivity index (χ0v) is 14.5. The molecular formula is C19H16N2O2S. The fourth-order valence-corrected chi connectivity index (χ4v) is 3.84. The molecule has 0 amide bonds. The number of benzene rings is 1. The molecule has 1 aliphatic rings. The molecule has 0 saturated heterocycles. The van der Waals surface area contributed by atoms with E-state index in [2.05, 4.69) is 5.10 Å².